The molecule has 256 valence electrons. The highest BCUT2D eigenvalue weighted by Crippen LogP contribution is 2.41. The van der Waals surface area contributed by atoms with Crippen molar-refractivity contribution in [3.63, 3.8) is 0 Å². The van der Waals surface area contributed by atoms with Gasteiger partial charge < -0.3 is 13.4 Å². The van der Waals surface area contributed by atoms with Gasteiger partial charge in [0.2, 0.25) is 0 Å². The lowest BCUT2D eigenvalue weighted by Crippen LogP contribution is -2.01. The first-order valence-corrected chi connectivity index (χ1v) is 18.4. The van der Waals surface area contributed by atoms with Crippen molar-refractivity contribution < 1.29 is 8.83 Å². The second-order valence-electron chi connectivity index (χ2n) is 13.9. The van der Waals surface area contributed by atoms with E-state index in [1.807, 2.05) is 42.5 Å². The van der Waals surface area contributed by atoms with Crippen LogP contribution in [-0.2, 0) is 6.42 Å². The van der Waals surface area contributed by atoms with Crippen molar-refractivity contribution in [1.29, 1.82) is 0 Å². The van der Waals surface area contributed by atoms with Crippen LogP contribution in [0.2, 0.25) is 0 Å². The van der Waals surface area contributed by atoms with E-state index in [0.29, 0.717) is 17.5 Å². The SMILES string of the molecule is CCCc1ccc(-c2nc(-c3ccc(-n4c5ccccc5c5c6oc7ccccc7c6ccc54)cc3)nc(-c3cccc4oc5ccccc5c34)n2)cc1. The van der Waals surface area contributed by atoms with E-state index in [1.54, 1.807) is 0 Å². The molecule has 0 aliphatic heterocycles. The molecule has 6 nitrogen and oxygen atoms in total. The number of fused-ring (bicyclic) bond motifs is 10. The third-order valence-electron chi connectivity index (χ3n) is 10.6. The van der Waals surface area contributed by atoms with Gasteiger partial charge in [-0.05, 0) is 72.6 Å². The lowest BCUT2D eigenvalue weighted by atomic mass is 10.0. The highest BCUT2D eigenvalue weighted by molar-refractivity contribution is 6.23. The number of rotatable bonds is 6. The van der Waals surface area contributed by atoms with E-state index in [9.17, 15) is 0 Å². The molecular weight excluding hydrogens is 665 g/mol. The van der Waals surface area contributed by atoms with Gasteiger partial charge >= 0.3 is 0 Å². The zero-order valence-corrected chi connectivity index (χ0v) is 29.5. The van der Waals surface area contributed by atoms with Crippen LogP contribution in [0.25, 0.3) is 106 Å². The van der Waals surface area contributed by atoms with Crippen LogP contribution in [0.15, 0.2) is 160 Å². The van der Waals surface area contributed by atoms with Gasteiger partial charge in [0, 0.05) is 49.3 Å². The Morgan fingerprint density at radius 2 is 1.09 bits per heavy atom. The standard InChI is InChI=1S/C48H32N4O2/c1-2-10-29-19-21-30(22-20-29)46-49-47(51-48(50-46)37-14-9-18-42-43(37)36-13-5-8-17-41(36)53-42)31-23-25-32(26-24-31)52-38-15-6-3-12-35(38)44-39(52)28-27-34-33-11-4-7-16-40(33)54-45(34)44/h3-9,11-28H,2,10H2,1H3. The van der Waals surface area contributed by atoms with E-state index in [1.165, 1.54) is 5.56 Å². The molecule has 0 bridgehead atoms. The highest BCUT2D eigenvalue weighted by Gasteiger charge is 2.20. The van der Waals surface area contributed by atoms with Gasteiger partial charge in [-0.3, -0.25) is 0 Å². The van der Waals surface area contributed by atoms with E-state index < -0.39 is 0 Å². The topological polar surface area (TPSA) is 69.9 Å². The lowest BCUT2D eigenvalue weighted by molar-refractivity contribution is 0.669. The molecule has 11 aromatic rings. The van der Waals surface area contributed by atoms with Crippen LogP contribution in [0.1, 0.15) is 18.9 Å². The quantitative estimate of drug-likeness (QED) is 0.173. The molecule has 0 atom stereocenters. The molecule has 0 amide bonds. The number of hydrogen-bond acceptors (Lipinski definition) is 5. The minimum atomic E-state index is 0.603. The van der Waals surface area contributed by atoms with Crippen molar-refractivity contribution in [2.45, 2.75) is 19.8 Å². The van der Waals surface area contributed by atoms with Crippen molar-refractivity contribution >= 4 is 65.7 Å². The van der Waals surface area contributed by atoms with E-state index >= 15 is 0 Å². The second-order valence-corrected chi connectivity index (χ2v) is 13.9. The number of para-hydroxylation sites is 3. The van der Waals surface area contributed by atoms with Gasteiger partial charge in [0.1, 0.15) is 22.3 Å². The Labute approximate surface area is 310 Å². The molecule has 0 aliphatic carbocycles. The largest absolute Gasteiger partial charge is 0.456 e. The maximum absolute atomic E-state index is 6.52. The normalized spacial score (nSPS) is 11.9. The minimum absolute atomic E-state index is 0.603. The molecule has 0 spiro atoms. The molecule has 0 unspecified atom stereocenters. The fourth-order valence-corrected chi connectivity index (χ4v) is 8.10. The summed E-state index contributed by atoms with van der Waals surface area (Å²) in [6.45, 7) is 2.20. The van der Waals surface area contributed by atoms with Crippen molar-refractivity contribution in [2.75, 3.05) is 0 Å². The number of hydrogen-bond donors (Lipinski definition) is 0. The number of benzene rings is 7. The Morgan fingerprint density at radius 1 is 0.463 bits per heavy atom. The molecule has 0 N–H and O–H groups in total. The average molecular weight is 697 g/mol. The monoisotopic (exact) mass is 696 g/mol. The first-order valence-electron chi connectivity index (χ1n) is 18.4. The summed E-state index contributed by atoms with van der Waals surface area (Å²) in [5, 5.41) is 6.54. The Morgan fingerprint density at radius 3 is 1.85 bits per heavy atom. The predicted molar refractivity (Wildman–Crippen MR) is 219 cm³/mol. The molecular formula is C48H32N4O2. The molecule has 7 aromatic carbocycles. The van der Waals surface area contributed by atoms with Crippen LogP contribution in [-0.4, -0.2) is 19.5 Å². The number of furan rings is 2. The molecule has 0 saturated heterocycles. The van der Waals surface area contributed by atoms with Crippen LogP contribution in [0.5, 0.6) is 0 Å². The average Bonchev–Trinajstić information content (AvgIpc) is 3.91. The fourth-order valence-electron chi connectivity index (χ4n) is 8.10. The fraction of sp³-hybridized carbons (Fsp3) is 0.0625. The molecule has 11 rings (SSSR count). The van der Waals surface area contributed by atoms with Crippen LogP contribution in [0.4, 0.5) is 0 Å². The number of aromatic nitrogens is 4. The summed E-state index contributed by atoms with van der Waals surface area (Å²) in [4.78, 5) is 15.3. The second kappa shape index (κ2) is 12.0. The van der Waals surface area contributed by atoms with Gasteiger partial charge in [-0.1, -0.05) is 104 Å². The van der Waals surface area contributed by atoms with Crippen LogP contribution in [0, 0.1) is 0 Å². The smallest absolute Gasteiger partial charge is 0.164 e. The molecule has 0 radical (unpaired) electrons. The van der Waals surface area contributed by atoms with Crippen molar-refractivity contribution in [1.82, 2.24) is 19.5 Å². The summed E-state index contributed by atoms with van der Waals surface area (Å²) in [5.74, 6) is 1.84. The first-order chi connectivity index (χ1) is 26.7. The Hall–Kier alpha value is -7.05. The Bertz CT molecular complexity index is 3220. The Kier molecular flexibility index (Phi) is 6.79. The van der Waals surface area contributed by atoms with E-state index in [2.05, 4.69) is 121 Å². The van der Waals surface area contributed by atoms with Gasteiger partial charge in [0.25, 0.3) is 0 Å². The molecule has 0 aliphatic rings. The van der Waals surface area contributed by atoms with E-state index in [-0.39, 0.29) is 0 Å². The number of nitrogens with zero attached hydrogens (tertiary/aromatic N) is 4. The van der Waals surface area contributed by atoms with Crippen molar-refractivity contribution in [3.05, 3.63) is 157 Å². The maximum atomic E-state index is 6.52. The minimum Gasteiger partial charge on any atom is -0.456 e. The number of aryl methyl sites for hydroxylation is 1. The summed E-state index contributed by atoms with van der Waals surface area (Å²) >= 11 is 0. The van der Waals surface area contributed by atoms with Crippen LogP contribution in [0.3, 0.4) is 0 Å². The molecule has 4 aromatic heterocycles. The summed E-state index contributed by atoms with van der Waals surface area (Å²) in [5.41, 5.74) is 10.7. The third kappa shape index (κ3) is 4.70. The summed E-state index contributed by atoms with van der Waals surface area (Å²) in [7, 11) is 0. The van der Waals surface area contributed by atoms with Crippen LogP contribution < -0.4 is 0 Å². The third-order valence-corrected chi connectivity index (χ3v) is 10.6. The molecule has 54 heavy (non-hydrogen) atoms. The molecule has 0 fully saturated rings. The van der Waals surface area contributed by atoms with Crippen LogP contribution >= 0.6 is 0 Å². The summed E-state index contributed by atoms with van der Waals surface area (Å²) < 4.78 is 15.1. The zero-order valence-electron chi connectivity index (χ0n) is 29.5. The summed E-state index contributed by atoms with van der Waals surface area (Å²) in [6.07, 6.45) is 2.13. The van der Waals surface area contributed by atoms with Crippen molar-refractivity contribution in [3.8, 4) is 39.9 Å². The van der Waals surface area contributed by atoms with Gasteiger partial charge in [-0.25, -0.2) is 15.0 Å². The molecule has 0 saturated carbocycles. The van der Waals surface area contributed by atoms with Crippen molar-refractivity contribution in [2.24, 2.45) is 0 Å². The van der Waals surface area contributed by atoms with Gasteiger partial charge in [0.05, 0.1) is 16.4 Å². The first kappa shape index (κ1) is 30.6. The predicted octanol–water partition coefficient (Wildman–Crippen LogP) is 12.7. The summed E-state index contributed by atoms with van der Waals surface area (Å²) in [6, 6.07) is 52.5. The van der Waals surface area contributed by atoms with Gasteiger partial charge in [-0.15, -0.1) is 0 Å². The van der Waals surface area contributed by atoms with E-state index in [4.69, 9.17) is 23.8 Å². The maximum Gasteiger partial charge on any atom is 0.164 e. The Balaban J connectivity index is 1.08. The van der Waals surface area contributed by atoms with E-state index in [0.717, 1.165) is 101 Å². The lowest BCUT2D eigenvalue weighted by Gasteiger charge is -2.11. The molecule has 6 heteroatoms. The van der Waals surface area contributed by atoms with Gasteiger partial charge in [0.15, 0.2) is 17.5 Å². The highest BCUT2D eigenvalue weighted by atomic mass is 16.3. The zero-order chi connectivity index (χ0) is 35.8. The van der Waals surface area contributed by atoms with Gasteiger partial charge in [-0.2, -0.15) is 0 Å². The molecule has 4 heterocycles.